The Balaban J connectivity index is 1.33. The van der Waals surface area contributed by atoms with E-state index in [-0.39, 0.29) is 11.9 Å². The van der Waals surface area contributed by atoms with E-state index in [1.165, 1.54) is 5.56 Å². The molecule has 0 radical (unpaired) electrons. The number of nitrogens with zero attached hydrogens (tertiary/aromatic N) is 2. The third-order valence-electron chi connectivity index (χ3n) is 5.96. The second-order valence-electron chi connectivity index (χ2n) is 7.86. The number of likely N-dealkylation sites (tertiary alicyclic amines) is 1. The lowest BCUT2D eigenvalue weighted by molar-refractivity contribution is 0.0901. The van der Waals surface area contributed by atoms with Crippen molar-refractivity contribution in [3.05, 3.63) is 59.8 Å². The predicted octanol–water partition coefficient (Wildman–Crippen LogP) is 3.59. The summed E-state index contributed by atoms with van der Waals surface area (Å²) >= 11 is 0. The van der Waals surface area contributed by atoms with Crippen molar-refractivity contribution >= 4 is 16.8 Å². The van der Waals surface area contributed by atoms with Gasteiger partial charge in [-0.05, 0) is 42.7 Å². The second kappa shape index (κ2) is 8.79. The molecule has 0 bridgehead atoms. The monoisotopic (exact) mass is 407 g/mol. The van der Waals surface area contributed by atoms with E-state index in [4.69, 9.17) is 9.47 Å². The first-order chi connectivity index (χ1) is 14.6. The maximum Gasteiger partial charge on any atom is 0.268 e. The quantitative estimate of drug-likeness (QED) is 0.679. The highest BCUT2D eigenvalue weighted by Crippen LogP contribution is 2.28. The van der Waals surface area contributed by atoms with Crippen molar-refractivity contribution in [2.75, 3.05) is 27.3 Å². The van der Waals surface area contributed by atoms with Crippen molar-refractivity contribution in [3.8, 4) is 11.5 Å². The number of benzene rings is 2. The molecular formula is C24H29N3O3. The molecule has 1 aliphatic heterocycles. The van der Waals surface area contributed by atoms with Crippen LogP contribution >= 0.6 is 0 Å². The molecule has 0 atom stereocenters. The summed E-state index contributed by atoms with van der Waals surface area (Å²) in [5.41, 5.74) is 2.99. The van der Waals surface area contributed by atoms with Gasteiger partial charge < -0.3 is 19.4 Å². The minimum Gasteiger partial charge on any atom is -0.493 e. The van der Waals surface area contributed by atoms with Crippen LogP contribution in [0.2, 0.25) is 0 Å². The van der Waals surface area contributed by atoms with Crippen molar-refractivity contribution in [2.45, 2.75) is 25.4 Å². The molecule has 1 amide bonds. The fourth-order valence-electron chi connectivity index (χ4n) is 4.24. The standard InChI is InChI=1S/C24H29N3O3/c1-26-20-7-5-4-6-18(20)15-21(26)24(28)25-19-10-12-27(13-11-19)16-17-8-9-22(29-2)23(14-17)30-3/h4-9,14-15,19H,10-13,16H2,1-3H3,(H,25,28). The van der Waals surface area contributed by atoms with Crippen LogP contribution in [0.25, 0.3) is 10.9 Å². The van der Waals surface area contributed by atoms with Gasteiger partial charge in [-0.3, -0.25) is 9.69 Å². The number of para-hydroxylation sites is 1. The van der Waals surface area contributed by atoms with Gasteiger partial charge in [0, 0.05) is 43.6 Å². The van der Waals surface area contributed by atoms with Gasteiger partial charge in [-0.2, -0.15) is 0 Å². The van der Waals surface area contributed by atoms with E-state index in [1.54, 1.807) is 14.2 Å². The molecule has 1 fully saturated rings. The fraction of sp³-hybridized carbons (Fsp3) is 0.375. The number of rotatable bonds is 6. The minimum atomic E-state index is 0.00652. The molecule has 1 saturated heterocycles. The van der Waals surface area contributed by atoms with Crippen molar-refractivity contribution in [1.82, 2.24) is 14.8 Å². The second-order valence-corrected chi connectivity index (χ2v) is 7.86. The summed E-state index contributed by atoms with van der Waals surface area (Å²) in [6.07, 6.45) is 1.89. The Morgan fingerprint density at radius 3 is 2.47 bits per heavy atom. The number of amides is 1. The Hall–Kier alpha value is -2.99. The molecule has 1 aromatic heterocycles. The summed E-state index contributed by atoms with van der Waals surface area (Å²) in [6, 6.07) is 16.3. The molecule has 6 nitrogen and oxygen atoms in total. The van der Waals surface area contributed by atoms with Gasteiger partial charge in [0.1, 0.15) is 5.69 Å². The zero-order valence-electron chi connectivity index (χ0n) is 17.9. The third-order valence-corrected chi connectivity index (χ3v) is 5.96. The molecule has 6 heteroatoms. The fourth-order valence-corrected chi connectivity index (χ4v) is 4.24. The van der Waals surface area contributed by atoms with E-state index < -0.39 is 0 Å². The Morgan fingerprint density at radius 2 is 1.77 bits per heavy atom. The predicted molar refractivity (Wildman–Crippen MR) is 118 cm³/mol. The van der Waals surface area contributed by atoms with Crippen LogP contribution in [-0.2, 0) is 13.6 Å². The number of piperidine rings is 1. The van der Waals surface area contributed by atoms with Gasteiger partial charge in [0.05, 0.1) is 14.2 Å². The van der Waals surface area contributed by atoms with Gasteiger partial charge in [-0.25, -0.2) is 0 Å². The molecule has 0 aliphatic carbocycles. The largest absolute Gasteiger partial charge is 0.493 e. The smallest absolute Gasteiger partial charge is 0.268 e. The highest BCUT2D eigenvalue weighted by Gasteiger charge is 2.23. The number of methoxy groups -OCH3 is 2. The lowest BCUT2D eigenvalue weighted by Crippen LogP contribution is -2.44. The number of ether oxygens (including phenoxy) is 2. The number of hydrogen-bond donors (Lipinski definition) is 1. The van der Waals surface area contributed by atoms with Crippen molar-refractivity contribution < 1.29 is 14.3 Å². The van der Waals surface area contributed by atoms with Crippen LogP contribution < -0.4 is 14.8 Å². The average molecular weight is 408 g/mol. The summed E-state index contributed by atoms with van der Waals surface area (Å²) in [4.78, 5) is 15.3. The Kier molecular flexibility index (Phi) is 5.95. The number of aromatic nitrogens is 1. The summed E-state index contributed by atoms with van der Waals surface area (Å²) in [6.45, 7) is 2.77. The molecule has 4 rings (SSSR count). The van der Waals surface area contributed by atoms with E-state index in [0.29, 0.717) is 5.69 Å². The maximum absolute atomic E-state index is 12.8. The van der Waals surface area contributed by atoms with Crippen LogP contribution in [0.3, 0.4) is 0 Å². The molecule has 0 unspecified atom stereocenters. The molecule has 30 heavy (non-hydrogen) atoms. The van der Waals surface area contributed by atoms with E-state index in [9.17, 15) is 4.79 Å². The Labute approximate surface area is 177 Å². The van der Waals surface area contributed by atoms with Crippen LogP contribution in [0.15, 0.2) is 48.5 Å². The average Bonchev–Trinajstić information content (AvgIpc) is 3.12. The first-order valence-electron chi connectivity index (χ1n) is 10.4. The van der Waals surface area contributed by atoms with E-state index in [0.717, 1.165) is 54.9 Å². The summed E-state index contributed by atoms with van der Waals surface area (Å²) in [5.74, 6) is 1.51. The zero-order chi connectivity index (χ0) is 21.1. The van der Waals surface area contributed by atoms with Gasteiger partial charge in [0.15, 0.2) is 11.5 Å². The summed E-state index contributed by atoms with van der Waals surface area (Å²) < 4.78 is 12.7. The number of carbonyl (C=O) groups excluding carboxylic acids is 1. The normalized spacial score (nSPS) is 15.3. The molecule has 2 heterocycles. The molecular weight excluding hydrogens is 378 g/mol. The van der Waals surface area contributed by atoms with Crippen molar-refractivity contribution in [2.24, 2.45) is 7.05 Å². The van der Waals surface area contributed by atoms with Crippen LogP contribution in [0.1, 0.15) is 28.9 Å². The van der Waals surface area contributed by atoms with Crippen LogP contribution in [-0.4, -0.2) is 48.7 Å². The molecule has 3 aromatic rings. The van der Waals surface area contributed by atoms with E-state index >= 15 is 0 Å². The number of hydrogen-bond acceptors (Lipinski definition) is 4. The highest BCUT2D eigenvalue weighted by atomic mass is 16.5. The highest BCUT2D eigenvalue weighted by molar-refractivity contribution is 5.98. The Morgan fingerprint density at radius 1 is 1.03 bits per heavy atom. The number of fused-ring (bicyclic) bond motifs is 1. The van der Waals surface area contributed by atoms with Crippen LogP contribution in [0.4, 0.5) is 0 Å². The van der Waals surface area contributed by atoms with Gasteiger partial charge in [0.25, 0.3) is 5.91 Å². The van der Waals surface area contributed by atoms with E-state index in [1.807, 2.05) is 54.1 Å². The summed E-state index contributed by atoms with van der Waals surface area (Å²) in [5, 5.41) is 4.32. The number of nitrogens with one attached hydrogen (secondary N) is 1. The molecule has 0 spiro atoms. The van der Waals surface area contributed by atoms with Crippen molar-refractivity contribution in [1.29, 1.82) is 0 Å². The number of carbonyl (C=O) groups is 1. The summed E-state index contributed by atoms with van der Waals surface area (Å²) in [7, 11) is 5.25. The third kappa shape index (κ3) is 4.14. The number of aryl methyl sites for hydroxylation is 1. The first kappa shape index (κ1) is 20.3. The molecule has 1 aliphatic rings. The van der Waals surface area contributed by atoms with Crippen molar-refractivity contribution in [3.63, 3.8) is 0 Å². The lowest BCUT2D eigenvalue weighted by Gasteiger charge is -2.32. The van der Waals surface area contributed by atoms with Gasteiger partial charge >= 0.3 is 0 Å². The topological polar surface area (TPSA) is 55.7 Å². The molecule has 2 aromatic carbocycles. The lowest BCUT2D eigenvalue weighted by atomic mass is 10.0. The molecule has 158 valence electrons. The molecule has 0 saturated carbocycles. The SMILES string of the molecule is COc1ccc(CN2CCC(NC(=O)c3cc4ccccc4n3C)CC2)cc1OC. The maximum atomic E-state index is 12.8. The van der Waals surface area contributed by atoms with Gasteiger partial charge in [0.2, 0.25) is 0 Å². The van der Waals surface area contributed by atoms with Crippen LogP contribution in [0.5, 0.6) is 11.5 Å². The van der Waals surface area contributed by atoms with Gasteiger partial charge in [-0.15, -0.1) is 0 Å². The molecule has 1 N–H and O–H groups in total. The Bertz CT molecular complexity index is 1040. The van der Waals surface area contributed by atoms with Crippen LogP contribution in [0, 0.1) is 0 Å². The zero-order valence-corrected chi connectivity index (χ0v) is 17.9. The van der Waals surface area contributed by atoms with E-state index in [2.05, 4.69) is 16.3 Å². The first-order valence-corrected chi connectivity index (χ1v) is 10.4. The van der Waals surface area contributed by atoms with Gasteiger partial charge in [-0.1, -0.05) is 24.3 Å². The minimum absolute atomic E-state index is 0.00652.